The number of pyridine rings is 1. The van der Waals surface area contributed by atoms with Crippen molar-refractivity contribution in [3.05, 3.63) is 48.3 Å². The maximum absolute atomic E-state index is 13.2. The summed E-state index contributed by atoms with van der Waals surface area (Å²) in [4.78, 5) is 11.8. The highest BCUT2D eigenvalue weighted by Crippen LogP contribution is 2.35. The lowest BCUT2D eigenvalue weighted by atomic mass is 10.3. The van der Waals surface area contributed by atoms with E-state index in [1.54, 1.807) is 24.5 Å². The van der Waals surface area contributed by atoms with Crippen molar-refractivity contribution in [2.24, 2.45) is 0 Å². The van der Waals surface area contributed by atoms with Crippen LogP contribution in [0.2, 0.25) is 0 Å². The van der Waals surface area contributed by atoms with Crippen molar-refractivity contribution in [1.82, 2.24) is 29.7 Å². The number of aromatic nitrogens is 6. The molecule has 0 radical (unpaired) electrons. The van der Waals surface area contributed by atoms with E-state index in [1.807, 2.05) is 4.57 Å². The summed E-state index contributed by atoms with van der Waals surface area (Å²) in [5.41, 5.74) is -0.762. The van der Waals surface area contributed by atoms with E-state index in [-0.39, 0.29) is 23.9 Å². The molecular formula is C16H14F3N7. The predicted octanol–water partition coefficient (Wildman–Crippen LogP) is 3.10. The second-order valence-corrected chi connectivity index (χ2v) is 5.91. The van der Waals surface area contributed by atoms with Gasteiger partial charge in [0.2, 0.25) is 0 Å². The fourth-order valence-corrected chi connectivity index (χ4v) is 2.51. The van der Waals surface area contributed by atoms with Gasteiger partial charge >= 0.3 is 6.18 Å². The first-order valence-electron chi connectivity index (χ1n) is 8.00. The highest BCUT2D eigenvalue weighted by Gasteiger charge is 2.34. The standard InChI is InChI=1S/C16H14F3N7/c17-16(18,19)12-7-13(24-15(23-12)11-3-1-2-6-20-11)21-8-14-25-22-9-26(14)10-4-5-10/h1-3,6-7,9-10H,4-5,8H2,(H,21,23,24). The summed E-state index contributed by atoms with van der Waals surface area (Å²) in [6.45, 7) is 0.215. The van der Waals surface area contributed by atoms with Crippen molar-refractivity contribution in [1.29, 1.82) is 0 Å². The van der Waals surface area contributed by atoms with E-state index in [1.165, 1.54) is 6.20 Å². The van der Waals surface area contributed by atoms with Gasteiger partial charge < -0.3 is 9.88 Å². The Kier molecular flexibility index (Phi) is 4.02. The average molecular weight is 361 g/mol. The molecule has 26 heavy (non-hydrogen) atoms. The maximum Gasteiger partial charge on any atom is 0.433 e. The average Bonchev–Trinajstić information content (AvgIpc) is 3.38. The third kappa shape index (κ3) is 3.48. The molecule has 7 nitrogen and oxygen atoms in total. The van der Waals surface area contributed by atoms with Crippen molar-refractivity contribution in [2.45, 2.75) is 31.6 Å². The lowest BCUT2D eigenvalue weighted by molar-refractivity contribution is -0.141. The summed E-state index contributed by atoms with van der Waals surface area (Å²) in [5.74, 6) is 0.615. The first-order valence-corrected chi connectivity index (χ1v) is 8.00. The molecule has 1 saturated carbocycles. The molecule has 0 aromatic carbocycles. The van der Waals surface area contributed by atoms with Crippen LogP contribution in [-0.2, 0) is 12.7 Å². The molecule has 1 aliphatic carbocycles. The van der Waals surface area contributed by atoms with Gasteiger partial charge in [-0.25, -0.2) is 9.97 Å². The molecule has 0 saturated heterocycles. The van der Waals surface area contributed by atoms with Crippen LogP contribution in [0.25, 0.3) is 11.5 Å². The molecule has 0 bridgehead atoms. The van der Waals surface area contributed by atoms with E-state index in [4.69, 9.17) is 0 Å². The molecule has 4 rings (SSSR count). The monoisotopic (exact) mass is 361 g/mol. The Bertz CT molecular complexity index is 904. The number of alkyl halides is 3. The fourth-order valence-electron chi connectivity index (χ4n) is 2.51. The minimum Gasteiger partial charge on any atom is -0.363 e. The molecule has 1 fully saturated rings. The van der Waals surface area contributed by atoms with Crippen LogP contribution in [-0.4, -0.2) is 29.7 Å². The Labute approximate surface area is 146 Å². The quantitative estimate of drug-likeness (QED) is 0.752. The van der Waals surface area contributed by atoms with Crippen molar-refractivity contribution in [3.8, 4) is 11.5 Å². The van der Waals surface area contributed by atoms with E-state index >= 15 is 0 Å². The number of nitrogens with one attached hydrogen (secondary N) is 1. The van der Waals surface area contributed by atoms with Gasteiger partial charge in [0, 0.05) is 18.3 Å². The van der Waals surface area contributed by atoms with Crippen molar-refractivity contribution in [3.63, 3.8) is 0 Å². The zero-order valence-electron chi connectivity index (χ0n) is 13.5. The van der Waals surface area contributed by atoms with E-state index in [0.29, 0.717) is 11.9 Å². The van der Waals surface area contributed by atoms with E-state index in [2.05, 4.69) is 30.5 Å². The molecule has 1 N–H and O–H groups in total. The second-order valence-electron chi connectivity index (χ2n) is 5.91. The first kappa shape index (κ1) is 16.4. The number of nitrogens with zero attached hydrogens (tertiary/aromatic N) is 6. The van der Waals surface area contributed by atoms with Crippen LogP contribution >= 0.6 is 0 Å². The van der Waals surface area contributed by atoms with Crippen LogP contribution in [0.4, 0.5) is 19.0 Å². The molecule has 1 aliphatic rings. The van der Waals surface area contributed by atoms with Crippen LogP contribution in [0.3, 0.4) is 0 Å². The lowest BCUT2D eigenvalue weighted by Gasteiger charge is -2.12. The van der Waals surface area contributed by atoms with E-state index in [0.717, 1.165) is 18.9 Å². The fraction of sp³-hybridized carbons (Fsp3) is 0.312. The number of hydrogen-bond donors (Lipinski definition) is 1. The molecule has 0 amide bonds. The molecule has 10 heteroatoms. The third-order valence-electron chi connectivity index (χ3n) is 3.93. The van der Waals surface area contributed by atoms with Crippen molar-refractivity contribution in [2.75, 3.05) is 5.32 Å². The largest absolute Gasteiger partial charge is 0.433 e. The summed E-state index contributed by atoms with van der Waals surface area (Å²) in [5, 5.41) is 10.8. The van der Waals surface area contributed by atoms with Crippen LogP contribution in [0.1, 0.15) is 30.4 Å². The Morgan fingerprint density at radius 3 is 2.73 bits per heavy atom. The molecule has 3 aromatic heterocycles. The smallest absolute Gasteiger partial charge is 0.363 e. The minimum atomic E-state index is -4.59. The Morgan fingerprint density at radius 1 is 1.19 bits per heavy atom. The molecule has 0 atom stereocenters. The predicted molar refractivity (Wildman–Crippen MR) is 85.9 cm³/mol. The highest BCUT2D eigenvalue weighted by molar-refractivity contribution is 5.53. The molecule has 134 valence electrons. The number of halogens is 3. The van der Waals surface area contributed by atoms with Gasteiger partial charge in [-0.05, 0) is 25.0 Å². The maximum atomic E-state index is 13.2. The SMILES string of the molecule is FC(F)(F)c1cc(NCc2nncn2C2CC2)nc(-c2ccccn2)n1. The summed E-state index contributed by atoms with van der Waals surface area (Å²) in [6.07, 6.45) is 0.636. The van der Waals surface area contributed by atoms with Gasteiger partial charge in [0.15, 0.2) is 17.3 Å². The van der Waals surface area contributed by atoms with E-state index in [9.17, 15) is 13.2 Å². The van der Waals surface area contributed by atoms with Crippen LogP contribution in [0.5, 0.6) is 0 Å². The molecule has 0 aliphatic heterocycles. The summed E-state index contributed by atoms with van der Waals surface area (Å²) in [7, 11) is 0. The highest BCUT2D eigenvalue weighted by atomic mass is 19.4. The zero-order valence-corrected chi connectivity index (χ0v) is 13.5. The minimum absolute atomic E-state index is 0.0540. The molecule has 3 heterocycles. The second kappa shape index (κ2) is 6.36. The van der Waals surface area contributed by atoms with Crippen LogP contribution in [0.15, 0.2) is 36.8 Å². The molecule has 0 unspecified atom stereocenters. The summed E-state index contributed by atoms with van der Waals surface area (Å²) in [6, 6.07) is 6.15. The Balaban J connectivity index is 1.63. The Morgan fingerprint density at radius 2 is 2.04 bits per heavy atom. The lowest BCUT2D eigenvalue weighted by Crippen LogP contribution is -2.13. The van der Waals surface area contributed by atoms with Gasteiger partial charge in [-0.1, -0.05) is 6.07 Å². The number of rotatable bonds is 5. The van der Waals surface area contributed by atoms with Gasteiger partial charge in [-0.2, -0.15) is 13.2 Å². The van der Waals surface area contributed by atoms with Crippen molar-refractivity contribution >= 4 is 5.82 Å². The summed E-state index contributed by atoms with van der Waals surface area (Å²) >= 11 is 0. The van der Waals surface area contributed by atoms with Crippen LogP contribution < -0.4 is 5.32 Å². The molecule has 0 spiro atoms. The van der Waals surface area contributed by atoms with Gasteiger partial charge in [0.25, 0.3) is 0 Å². The topological polar surface area (TPSA) is 81.4 Å². The molecule has 3 aromatic rings. The van der Waals surface area contributed by atoms with Gasteiger partial charge in [0.05, 0.1) is 6.54 Å². The Hall–Kier alpha value is -3.04. The third-order valence-corrected chi connectivity index (χ3v) is 3.93. The normalized spacial score (nSPS) is 14.4. The van der Waals surface area contributed by atoms with Crippen molar-refractivity contribution < 1.29 is 13.2 Å². The van der Waals surface area contributed by atoms with Gasteiger partial charge in [-0.3, -0.25) is 4.98 Å². The zero-order chi connectivity index (χ0) is 18.1. The first-order chi connectivity index (χ1) is 12.5. The summed E-state index contributed by atoms with van der Waals surface area (Å²) < 4.78 is 41.5. The van der Waals surface area contributed by atoms with E-state index < -0.39 is 11.9 Å². The van der Waals surface area contributed by atoms with Crippen LogP contribution in [0, 0.1) is 0 Å². The number of hydrogen-bond acceptors (Lipinski definition) is 6. The molecular weight excluding hydrogens is 347 g/mol. The number of anilines is 1. The van der Waals surface area contributed by atoms with Gasteiger partial charge in [0.1, 0.15) is 17.8 Å². The van der Waals surface area contributed by atoms with Gasteiger partial charge in [-0.15, -0.1) is 10.2 Å².